The predicted molar refractivity (Wildman–Crippen MR) is 69.5 cm³/mol. The van der Waals surface area contributed by atoms with Crippen LogP contribution in [0.2, 0.25) is 0 Å². The molecule has 1 heterocycles. The SMILES string of the molecule is Cc1cc(-c2nc(C(C)(C)N)cs2)ccc1F. The van der Waals surface area contributed by atoms with Gasteiger partial charge < -0.3 is 5.73 Å². The molecule has 0 amide bonds. The molecule has 0 radical (unpaired) electrons. The lowest BCUT2D eigenvalue weighted by Gasteiger charge is -2.14. The number of rotatable bonds is 2. The molecular weight excluding hydrogens is 235 g/mol. The van der Waals surface area contributed by atoms with Crippen LogP contribution in [-0.4, -0.2) is 4.98 Å². The van der Waals surface area contributed by atoms with E-state index in [9.17, 15) is 4.39 Å². The van der Waals surface area contributed by atoms with Gasteiger partial charge in [0.1, 0.15) is 10.8 Å². The number of aromatic nitrogens is 1. The Morgan fingerprint density at radius 3 is 2.59 bits per heavy atom. The summed E-state index contributed by atoms with van der Waals surface area (Å²) in [6.07, 6.45) is 0. The van der Waals surface area contributed by atoms with Crippen molar-refractivity contribution >= 4 is 11.3 Å². The second-order valence-corrected chi connectivity index (χ2v) is 5.58. The standard InChI is InChI=1S/C13H15FN2S/c1-8-6-9(4-5-10(8)14)12-16-11(7-17-12)13(2,3)15/h4-7H,15H2,1-3H3. The minimum Gasteiger partial charge on any atom is -0.321 e. The third-order valence-corrected chi connectivity index (χ3v) is 3.46. The van der Waals surface area contributed by atoms with Gasteiger partial charge >= 0.3 is 0 Å². The van der Waals surface area contributed by atoms with E-state index in [1.165, 1.54) is 17.4 Å². The fourth-order valence-electron chi connectivity index (χ4n) is 1.48. The zero-order valence-electron chi connectivity index (χ0n) is 10.1. The van der Waals surface area contributed by atoms with Crippen LogP contribution >= 0.6 is 11.3 Å². The van der Waals surface area contributed by atoms with Crippen LogP contribution in [0.5, 0.6) is 0 Å². The molecule has 2 rings (SSSR count). The Kier molecular flexibility index (Phi) is 3.02. The minimum absolute atomic E-state index is 0.190. The number of thiazole rings is 1. The number of nitrogens with two attached hydrogens (primary N) is 1. The monoisotopic (exact) mass is 250 g/mol. The van der Waals surface area contributed by atoms with E-state index < -0.39 is 5.54 Å². The molecule has 90 valence electrons. The molecule has 0 bridgehead atoms. The molecule has 2 N–H and O–H groups in total. The third kappa shape index (κ3) is 2.53. The molecule has 0 aliphatic heterocycles. The largest absolute Gasteiger partial charge is 0.321 e. The normalized spacial score (nSPS) is 11.8. The topological polar surface area (TPSA) is 38.9 Å². The molecule has 0 aliphatic carbocycles. The zero-order chi connectivity index (χ0) is 12.6. The van der Waals surface area contributed by atoms with Gasteiger partial charge in [-0.15, -0.1) is 11.3 Å². The molecule has 0 atom stereocenters. The van der Waals surface area contributed by atoms with Crippen LogP contribution in [0.3, 0.4) is 0 Å². The van der Waals surface area contributed by atoms with Gasteiger partial charge in [0.15, 0.2) is 0 Å². The molecule has 2 nitrogen and oxygen atoms in total. The first-order chi connectivity index (χ1) is 7.88. The first-order valence-corrected chi connectivity index (χ1v) is 6.27. The Morgan fingerprint density at radius 1 is 1.35 bits per heavy atom. The van der Waals surface area contributed by atoms with Crippen molar-refractivity contribution in [2.24, 2.45) is 5.73 Å². The van der Waals surface area contributed by atoms with Crippen LogP contribution in [-0.2, 0) is 5.54 Å². The van der Waals surface area contributed by atoms with Crippen molar-refractivity contribution in [3.63, 3.8) is 0 Å². The maximum absolute atomic E-state index is 13.2. The van der Waals surface area contributed by atoms with E-state index >= 15 is 0 Å². The Hall–Kier alpha value is -1.26. The van der Waals surface area contributed by atoms with Gasteiger partial charge in [-0.2, -0.15) is 0 Å². The summed E-state index contributed by atoms with van der Waals surface area (Å²) in [6.45, 7) is 5.59. The summed E-state index contributed by atoms with van der Waals surface area (Å²) in [5.74, 6) is -0.190. The van der Waals surface area contributed by atoms with Gasteiger partial charge in [0.25, 0.3) is 0 Å². The van der Waals surface area contributed by atoms with Crippen molar-refractivity contribution in [1.82, 2.24) is 4.98 Å². The first-order valence-electron chi connectivity index (χ1n) is 5.39. The number of nitrogens with zero attached hydrogens (tertiary/aromatic N) is 1. The molecular formula is C13H15FN2S. The number of hydrogen-bond acceptors (Lipinski definition) is 3. The average Bonchev–Trinajstić information content (AvgIpc) is 2.70. The van der Waals surface area contributed by atoms with E-state index in [-0.39, 0.29) is 5.82 Å². The lowest BCUT2D eigenvalue weighted by atomic mass is 10.0. The van der Waals surface area contributed by atoms with Gasteiger partial charge in [-0.1, -0.05) is 0 Å². The van der Waals surface area contributed by atoms with Crippen molar-refractivity contribution in [2.75, 3.05) is 0 Å². The lowest BCUT2D eigenvalue weighted by molar-refractivity contribution is 0.539. The lowest BCUT2D eigenvalue weighted by Crippen LogP contribution is -2.28. The van der Waals surface area contributed by atoms with Crippen LogP contribution in [0.1, 0.15) is 25.1 Å². The van der Waals surface area contributed by atoms with Crippen molar-refractivity contribution < 1.29 is 4.39 Å². The molecule has 1 aromatic heterocycles. The number of aryl methyl sites for hydroxylation is 1. The quantitative estimate of drug-likeness (QED) is 0.886. The summed E-state index contributed by atoms with van der Waals surface area (Å²) in [5.41, 5.74) is 7.97. The second kappa shape index (κ2) is 4.20. The molecule has 0 aliphatic rings. The van der Waals surface area contributed by atoms with E-state index in [1.807, 2.05) is 25.3 Å². The minimum atomic E-state index is -0.441. The summed E-state index contributed by atoms with van der Waals surface area (Å²) in [6, 6.07) is 5.02. The molecule has 0 saturated carbocycles. The maximum Gasteiger partial charge on any atom is 0.126 e. The van der Waals surface area contributed by atoms with Gasteiger partial charge in [-0.3, -0.25) is 0 Å². The molecule has 0 fully saturated rings. The number of halogens is 1. The highest BCUT2D eigenvalue weighted by molar-refractivity contribution is 7.13. The van der Waals surface area contributed by atoms with Crippen LogP contribution in [0.25, 0.3) is 10.6 Å². The zero-order valence-corrected chi connectivity index (χ0v) is 10.9. The van der Waals surface area contributed by atoms with Crippen LogP contribution in [0, 0.1) is 12.7 Å². The van der Waals surface area contributed by atoms with E-state index in [4.69, 9.17) is 5.73 Å². The summed E-state index contributed by atoms with van der Waals surface area (Å²) in [5, 5.41) is 2.83. The second-order valence-electron chi connectivity index (χ2n) is 4.72. The van der Waals surface area contributed by atoms with Gasteiger partial charge in [-0.05, 0) is 44.5 Å². The van der Waals surface area contributed by atoms with Gasteiger partial charge in [0.2, 0.25) is 0 Å². The fourth-order valence-corrected chi connectivity index (χ4v) is 2.47. The highest BCUT2D eigenvalue weighted by Crippen LogP contribution is 2.28. The highest BCUT2D eigenvalue weighted by atomic mass is 32.1. The van der Waals surface area contributed by atoms with Crippen molar-refractivity contribution in [2.45, 2.75) is 26.3 Å². The number of benzene rings is 1. The number of hydrogen-bond donors (Lipinski definition) is 1. The fraction of sp³-hybridized carbons (Fsp3) is 0.308. The van der Waals surface area contributed by atoms with Crippen LogP contribution in [0.4, 0.5) is 4.39 Å². The van der Waals surface area contributed by atoms with E-state index in [2.05, 4.69) is 4.98 Å². The van der Waals surface area contributed by atoms with Crippen molar-refractivity contribution in [3.8, 4) is 10.6 Å². The Morgan fingerprint density at radius 2 is 2.06 bits per heavy atom. The maximum atomic E-state index is 13.2. The van der Waals surface area contributed by atoms with Gasteiger partial charge in [0, 0.05) is 10.9 Å². The molecule has 17 heavy (non-hydrogen) atoms. The molecule has 0 saturated heterocycles. The van der Waals surface area contributed by atoms with E-state index in [0.29, 0.717) is 5.56 Å². The van der Waals surface area contributed by atoms with E-state index in [1.54, 1.807) is 13.0 Å². The Bertz CT molecular complexity index is 541. The highest BCUT2D eigenvalue weighted by Gasteiger charge is 2.18. The summed E-state index contributed by atoms with van der Waals surface area (Å²) in [4.78, 5) is 4.49. The van der Waals surface area contributed by atoms with E-state index in [0.717, 1.165) is 16.3 Å². The molecule has 4 heteroatoms. The Labute approximate surface area is 104 Å². The molecule has 0 spiro atoms. The van der Waals surface area contributed by atoms with Gasteiger partial charge in [-0.25, -0.2) is 9.37 Å². The van der Waals surface area contributed by atoms with Crippen LogP contribution in [0.15, 0.2) is 23.6 Å². The van der Waals surface area contributed by atoms with Crippen molar-refractivity contribution in [1.29, 1.82) is 0 Å². The molecule has 1 aromatic carbocycles. The Balaban J connectivity index is 2.40. The van der Waals surface area contributed by atoms with Gasteiger partial charge in [0.05, 0.1) is 11.2 Å². The first kappa shape index (κ1) is 12.2. The van der Waals surface area contributed by atoms with Crippen molar-refractivity contribution in [3.05, 3.63) is 40.7 Å². The summed E-state index contributed by atoms with van der Waals surface area (Å²) in [7, 11) is 0. The third-order valence-electron chi connectivity index (χ3n) is 2.57. The predicted octanol–water partition coefficient (Wildman–Crippen LogP) is 3.45. The molecule has 0 unspecified atom stereocenters. The summed E-state index contributed by atoms with van der Waals surface area (Å²) < 4.78 is 13.2. The average molecular weight is 250 g/mol. The smallest absolute Gasteiger partial charge is 0.126 e. The summed E-state index contributed by atoms with van der Waals surface area (Å²) >= 11 is 1.53. The molecule has 2 aromatic rings. The van der Waals surface area contributed by atoms with Crippen LogP contribution < -0.4 is 5.73 Å².